The van der Waals surface area contributed by atoms with Gasteiger partial charge in [0.05, 0.1) is 12.2 Å². The van der Waals surface area contributed by atoms with E-state index in [1.165, 1.54) is 12.1 Å². The smallest absolute Gasteiger partial charge is 0.377 e. The number of hydrogen-bond donors (Lipinski definition) is 1. The first-order valence-electron chi connectivity index (χ1n) is 9.14. The topological polar surface area (TPSA) is 38.3 Å². The highest BCUT2D eigenvalue weighted by Crippen LogP contribution is 2.29. The predicted molar refractivity (Wildman–Crippen MR) is 101 cm³/mol. The van der Waals surface area contributed by atoms with E-state index < -0.39 is 11.7 Å². The number of allylic oxidation sites excluding steroid dienone is 3. The van der Waals surface area contributed by atoms with Crippen LogP contribution < -0.4 is 5.32 Å². The number of alkyl halides is 3. The average molecular weight is 383 g/mol. The SMILES string of the molecule is CC(C)CNC(=O)C=CC=CCCCCOCc1cccc(C(F)(F)F)c1. The van der Waals surface area contributed by atoms with Crippen LogP contribution in [0.2, 0.25) is 0 Å². The Morgan fingerprint density at radius 2 is 2.00 bits per heavy atom. The fraction of sp³-hybridized carbons (Fsp3) is 0.476. The molecule has 0 saturated carbocycles. The van der Waals surface area contributed by atoms with Crippen molar-refractivity contribution in [2.45, 2.75) is 45.9 Å². The van der Waals surface area contributed by atoms with E-state index in [0.717, 1.165) is 31.4 Å². The zero-order valence-corrected chi connectivity index (χ0v) is 15.9. The van der Waals surface area contributed by atoms with E-state index in [-0.39, 0.29) is 12.5 Å². The summed E-state index contributed by atoms with van der Waals surface area (Å²) in [7, 11) is 0. The minimum Gasteiger partial charge on any atom is -0.377 e. The third kappa shape index (κ3) is 11.3. The van der Waals surface area contributed by atoms with Gasteiger partial charge in [-0.3, -0.25) is 4.79 Å². The molecule has 0 aliphatic heterocycles. The lowest BCUT2D eigenvalue weighted by atomic mass is 10.1. The number of unbranched alkanes of at least 4 members (excludes halogenated alkanes) is 2. The number of nitrogens with one attached hydrogen (secondary N) is 1. The van der Waals surface area contributed by atoms with Crippen molar-refractivity contribution in [3.63, 3.8) is 0 Å². The highest BCUT2D eigenvalue weighted by molar-refractivity contribution is 5.87. The second-order valence-corrected chi connectivity index (χ2v) is 6.67. The van der Waals surface area contributed by atoms with Crippen molar-refractivity contribution >= 4 is 5.91 Å². The first-order chi connectivity index (χ1) is 12.8. The van der Waals surface area contributed by atoms with Gasteiger partial charge in [-0.2, -0.15) is 13.2 Å². The second-order valence-electron chi connectivity index (χ2n) is 6.67. The quantitative estimate of drug-likeness (QED) is 0.321. The molecule has 150 valence electrons. The Kier molecular flexibility index (Phi) is 10.5. The van der Waals surface area contributed by atoms with Crippen molar-refractivity contribution in [1.29, 1.82) is 0 Å². The fourth-order valence-electron chi connectivity index (χ4n) is 2.18. The summed E-state index contributed by atoms with van der Waals surface area (Å²) in [5, 5.41) is 2.79. The van der Waals surface area contributed by atoms with Gasteiger partial charge in [-0.05, 0) is 42.9 Å². The van der Waals surface area contributed by atoms with E-state index >= 15 is 0 Å². The van der Waals surface area contributed by atoms with Crippen molar-refractivity contribution in [3.05, 3.63) is 59.7 Å². The molecule has 0 atom stereocenters. The molecule has 1 aromatic rings. The van der Waals surface area contributed by atoms with Gasteiger partial charge in [-0.25, -0.2) is 0 Å². The number of carbonyl (C=O) groups is 1. The molecule has 0 bridgehead atoms. The van der Waals surface area contributed by atoms with Crippen molar-refractivity contribution < 1.29 is 22.7 Å². The third-order valence-corrected chi connectivity index (χ3v) is 3.61. The van der Waals surface area contributed by atoms with Gasteiger partial charge in [0, 0.05) is 19.2 Å². The Bertz CT molecular complexity index is 622. The van der Waals surface area contributed by atoms with Gasteiger partial charge in [0.2, 0.25) is 5.91 Å². The Hall–Kier alpha value is -2.08. The molecule has 0 radical (unpaired) electrons. The Balaban J connectivity index is 2.12. The summed E-state index contributed by atoms with van der Waals surface area (Å²) in [4.78, 5) is 11.4. The van der Waals surface area contributed by atoms with E-state index in [4.69, 9.17) is 4.74 Å². The summed E-state index contributed by atoms with van der Waals surface area (Å²) >= 11 is 0. The lowest BCUT2D eigenvalue weighted by molar-refractivity contribution is -0.137. The zero-order chi connectivity index (χ0) is 20.1. The van der Waals surface area contributed by atoms with E-state index in [1.807, 2.05) is 26.0 Å². The van der Waals surface area contributed by atoms with Crippen LogP contribution in [0.4, 0.5) is 13.2 Å². The number of carbonyl (C=O) groups excluding carboxylic acids is 1. The highest BCUT2D eigenvalue weighted by Gasteiger charge is 2.30. The molecule has 1 aromatic carbocycles. The van der Waals surface area contributed by atoms with E-state index in [1.54, 1.807) is 12.1 Å². The molecule has 1 amide bonds. The predicted octanol–water partition coefficient (Wildman–Crippen LogP) is 5.28. The maximum Gasteiger partial charge on any atom is 0.416 e. The number of rotatable bonds is 11. The molecule has 0 fully saturated rings. The molecular weight excluding hydrogens is 355 g/mol. The summed E-state index contributed by atoms with van der Waals surface area (Å²) in [6.07, 6.45) is 5.26. The first kappa shape index (κ1) is 23.0. The van der Waals surface area contributed by atoms with Crippen molar-refractivity contribution in [2.75, 3.05) is 13.2 Å². The number of amides is 1. The number of hydrogen-bond acceptors (Lipinski definition) is 2. The van der Waals surface area contributed by atoms with E-state index in [0.29, 0.717) is 24.6 Å². The minimum absolute atomic E-state index is 0.101. The van der Waals surface area contributed by atoms with E-state index in [9.17, 15) is 18.0 Å². The van der Waals surface area contributed by atoms with Gasteiger partial charge in [0.15, 0.2) is 0 Å². The highest BCUT2D eigenvalue weighted by atomic mass is 19.4. The van der Waals surface area contributed by atoms with Crippen LogP contribution in [0.3, 0.4) is 0 Å². The lowest BCUT2D eigenvalue weighted by Crippen LogP contribution is -2.25. The molecule has 0 aromatic heterocycles. The minimum atomic E-state index is -4.33. The van der Waals surface area contributed by atoms with E-state index in [2.05, 4.69) is 5.32 Å². The van der Waals surface area contributed by atoms with Crippen LogP contribution in [0.5, 0.6) is 0 Å². The average Bonchev–Trinajstić information content (AvgIpc) is 2.61. The summed E-state index contributed by atoms with van der Waals surface area (Å²) < 4.78 is 43.3. The summed E-state index contributed by atoms with van der Waals surface area (Å²) in [5.41, 5.74) is -0.134. The maximum absolute atomic E-state index is 12.6. The van der Waals surface area contributed by atoms with Gasteiger partial charge in [0.1, 0.15) is 0 Å². The monoisotopic (exact) mass is 383 g/mol. The van der Waals surface area contributed by atoms with Crippen LogP contribution in [0.15, 0.2) is 48.6 Å². The Morgan fingerprint density at radius 1 is 1.22 bits per heavy atom. The zero-order valence-electron chi connectivity index (χ0n) is 15.9. The van der Waals surface area contributed by atoms with Gasteiger partial charge in [-0.15, -0.1) is 0 Å². The maximum atomic E-state index is 12.6. The van der Waals surface area contributed by atoms with Crippen LogP contribution in [0.25, 0.3) is 0 Å². The summed E-state index contributed by atoms with van der Waals surface area (Å²) in [5.74, 6) is 0.324. The third-order valence-electron chi connectivity index (χ3n) is 3.61. The normalized spacial score (nSPS) is 12.4. The van der Waals surface area contributed by atoms with Crippen LogP contribution in [0, 0.1) is 5.92 Å². The molecule has 0 spiro atoms. The van der Waals surface area contributed by atoms with Crippen molar-refractivity contribution in [2.24, 2.45) is 5.92 Å². The van der Waals surface area contributed by atoms with Crippen LogP contribution >= 0.6 is 0 Å². The molecule has 3 nitrogen and oxygen atoms in total. The molecule has 27 heavy (non-hydrogen) atoms. The molecule has 0 aliphatic carbocycles. The first-order valence-corrected chi connectivity index (χ1v) is 9.14. The Morgan fingerprint density at radius 3 is 2.70 bits per heavy atom. The number of benzene rings is 1. The molecule has 0 aliphatic rings. The number of ether oxygens (including phenoxy) is 1. The summed E-state index contributed by atoms with van der Waals surface area (Å²) in [6, 6.07) is 5.19. The van der Waals surface area contributed by atoms with Gasteiger partial charge in [-0.1, -0.05) is 44.2 Å². The molecule has 0 saturated heterocycles. The largest absolute Gasteiger partial charge is 0.416 e. The van der Waals surface area contributed by atoms with Crippen LogP contribution in [-0.2, 0) is 22.3 Å². The molecule has 1 N–H and O–H groups in total. The van der Waals surface area contributed by atoms with Crippen LogP contribution in [0.1, 0.15) is 44.2 Å². The fourth-order valence-corrected chi connectivity index (χ4v) is 2.18. The molecule has 6 heteroatoms. The number of halogens is 3. The van der Waals surface area contributed by atoms with Gasteiger partial charge in [0.25, 0.3) is 0 Å². The second kappa shape index (κ2) is 12.3. The van der Waals surface area contributed by atoms with Crippen molar-refractivity contribution in [3.8, 4) is 0 Å². The van der Waals surface area contributed by atoms with Crippen molar-refractivity contribution in [1.82, 2.24) is 5.32 Å². The Labute approximate surface area is 159 Å². The van der Waals surface area contributed by atoms with Gasteiger partial charge < -0.3 is 10.1 Å². The molecule has 0 heterocycles. The summed E-state index contributed by atoms with van der Waals surface area (Å²) in [6.45, 7) is 5.40. The molecular formula is C21H28F3NO2. The molecule has 0 unspecified atom stereocenters. The standard InChI is InChI=1S/C21H28F3NO2/c1-17(2)15-25-20(26)12-7-5-3-4-6-8-13-27-16-18-10-9-11-19(14-18)21(22,23)24/h3,5,7,9-12,14,17H,4,6,8,13,15-16H2,1-2H3,(H,25,26). The molecule has 1 rings (SSSR count). The van der Waals surface area contributed by atoms with Crippen LogP contribution in [-0.4, -0.2) is 19.1 Å². The lowest BCUT2D eigenvalue weighted by Gasteiger charge is -2.09. The van der Waals surface area contributed by atoms with Gasteiger partial charge >= 0.3 is 6.18 Å².